The molecule has 0 spiro atoms. The molecule has 9 nitrogen and oxygen atoms in total. The fourth-order valence-electron chi connectivity index (χ4n) is 4.88. The summed E-state index contributed by atoms with van der Waals surface area (Å²) in [7, 11) is 1.68. The summed E-state index contributed by atoms with van der Waals surface area (Å²) in [6.07, 6.45) is 8.98. The molecule has 0 N–H and O–H groups in total. The van der Waals surface area contributed by atoms with Gasteiger partial charge in [0.25, 0.3) is 0 Å². The maximum Gasteiger partial charge on any atom is 0.192 e. The molecule has 3 aromatic heterocycles. The van der Waals surface area contributed by atoms with Crippen molar-refractivity contribution in [2.75, 3.05) is 25.7 Å². The lowest BCUT2D eigenvalue weighted by molar-refractivity contribution is 0.0964. The molecule has 1 atom stereocenters. The van der Waals surface area contributed by atoms with Gasteiger partial charge >= 0.3 is 0 Å². The van der Waals surface area contributed by atoms with E-state index >= 15 is 0 Å². The van der Waals surface area contributed by atoms with Crippen LogP contribution >= 0.6 is 0 Å². The first-order valence-electron chi connectivity index (χ1n) is 15.9. The van der Waals surface area contributed by atoms with Crippen molar-refractivity contribution in [3.8, 4) is 22.8 Å². The number of fused-ring (bicyclic) bond motifs is 1. The third-order valence-corrected chi connectivity index (χ3v) is 13.2. The highest BCUT2D eigenvalue weighted by Crippen LogP contribution is 2.39. The van der Waals surface area contributed by atoms with E-state index in [1.807, 2.05) is 36.1 Å². The van der Waals surface area contributed by atoms with Crippen molar-refractivity contribution in [2.45, 2.75) is 98.5 Å². The van der Waals surface area contributed by atoms with Gasteiger partial charge < -0.3 is 18.8 Å². The van der Waals surface area contributed by atoms with E-state index in [0.29, 0.717) is 12.4 Å². The van der Waals surface area contributed by atoms with E-state index in [2.05, 4.69) is 94.5 Å². The standard InChI is InChI=1S/C35H52N6O3Si/c1-24(2)41-33-30(21-38-41)32(40(9)26-19-36-23-37-20-26)18-31(39-33)25-15-28(42-10)17-29(16-25)43-22-27(13-14-34(3,4)5)44-45(11,12)35(6,7)8/h15-21,23-24,27H,13-14,22H2,1-12H3. The van der Waals surface area contributed by atoms with Gasteiger partial charge in [0.15, 0.2) is 14.0 Å². The van der Waals surface area contributed by atoms with Crippen molar-refractivity contribution in [1.29, 1.82) is 0 Å². The zero-order valence-electron chi connectivity index (χ0n) is 29.3. The van der Waals surface area contributed by atoms with Crippen LogP contribution in [0.3, 0.4) is 0 Å². The Kier molecular flexibility index (Phi) is 10.3. The maximum absolute atomic E-state index is 6.89. The molecule has 0 bridgehead atoms. The van der Waals surface area contributed by atoms with Crippen molar-refractivity contribution in [3.05, 3.63) is 49.2 Å². The van der Waals surface area contributed by atoms with Crippen molar-refractivity contribution in [2.24, 2.45) is 5.41 Å². The molecule has 0 aliphatic rings. The molecule has 0 aliphatic heterocycles. The summed E-state index contributed by atoms with van der Waals surface area (Å²) in [6, 6.07) is 8.18. The Morgan fingerprint density at radius 3 is 2.20 bits per heavy atom. The number of hydrogen-bond donors (Lipinski definition) is 0. The number of methoxy groups -OCH3 is 1. The summed E-state index contributed by atoms with van der Waals surface area (Å²) < 4.78 is 21.1. The molecule has 0 radical (unpaired) electrons. The molecule has 1 unspecified atom stereocenters. The van der Waals surface area contributed by atoms with Gasteiger partial charge in [0.2, 0.25) is 0 Å². The van der Waals surface area contributed by atoms with Crippen molar-refractivity contribution >= 4 is 30.7 Å². The van der Waals surface area contributed by atoms with Gasteiger partial charge in [-0.3, -0.25) is 0 Å². The third-order valence-electron chi connectivity index (χ3n) is 8.66. The summed E-state index contributed by atoms with van der Waals surface area (Å²) in [5, 5.41) is 5.74. The lowest BCUT2D eigenvalue weighted by Crippen LogP contribution is -2.45. The molecule has 0 saturated heterocycles. The Bertz CT molecular complexity index is 1570. The van der Waals surface area contributed by atoms with Crippen LogP contribution in [0, 0.1) is 5.41 Å². The molecule has 0 fully saturated rings. The number of anilines is 2. The van der Waals surface area contributed by atoms with Gasteiger partial charge in [0.1, 0.15) is 24.4 Å². The molecule has 4 aromatic rings. The van der Waals surface area contributed by atoms with Crippen molar-refractivity contribution < 1.29 is 13.9 Å². The van der Waals surface area contributed by atoms with Crippen molar-refractivity contribution in [3.63, 3.8) is 0 Å². The van der Waals surface area contributed by atoms with Gasteiger partial charge in [-0.2, -0.15) is 5.10 Å². The number of nitrogens with zero attached hydrogens (tertiary/aromatic N) is 6. The van der Waals surface area contributed by atoms with Crippen LogP contribution in [0.5, 0.6) is 11.5 Å². The molecule has 1 aromatic carbocycles. The predicted molar refractivity (Wildman–Crippen MR) is 186 cm³/mol. The molecule has 0 aliphatic carbocycles. The quantitative estimate of drug-likeness (QED) is 0.143. The van der Waals surface area contributed by atoms with Crippen LogP contribution in [0.15, 0.2) is 49.2 Å². The highest BCUT2D eigenvalue weighted by Gasteiger charge is 2.39. The van der Waals surface area contributed by atoms with Crippen LogP contribution in [0.4, 0.5) is 11.4 Å². The Labute approximate surface area is 270 Å². The summed E-state index contributed by atoms with van der Waals surface area (Å²) in [4.78, 5) is 15.6. The fraction of sp³-hybridized carbons (Fsp3) is 0.543. The van der Waals surface area contributed by atoms with E-state index in [9.17, 15) is 0 Å². The lowest BCUT2D eigenvalue weighted by atomic mass is 9.89. The van der Waals surface area contributed by atoms with Gasteiger partial charge in [-0.25, -0.2) is 19.6 Å². The molecule has 4 rings (SSSR count). The SMILES string of the molecule is COc1cc(OCC(CCC(C)(C)C)O[Si](C)(C)C(C)(C)C)cc(-c2cc(N(C)c3cncnc3)c3cnn(C(C)C)c3n2)c1. The maximum atomic E-state index is 6.89. The predicted octanol–water partition coefficient (Wildman–Crippen LogP) is 8.84. The second-order valence-corrected chi connectivity index (χ2v) is 19.7. The minimum absolute atomic E-state index is 0.0111. The molecule has 0 saturated carbocycles. The smallest absolute Gasteiger partial charge is 0.192 e. The van der Waals surface area contributed by atoms with Crippen LogP contribution in [-0.4, -0.2) is 59.9 Å². The summed E-state index contributed by atoms with van der Waals surface area (Å²) in [5.41, 5.74) is 4.50. The van der Waals surface area contributed by atoms with E-state index < -0.39 is 8.32 Å². The fourth-order valence-corrected chi connectivity index (χ4v) is 6.25. The van der Waals surface area contributed by atoms with Gasteiger partial charge in [0, 0.05) is 24.7 Å². The van der Waals surface area contributed by atoms with E-state index in [1.165, 1.54) is 6.33 Å². The van der Waals surface area contributed by atoms with Crippen LogP contribution in [0.25, 0.3) is 22.3 Å². The highest BCUT2D eigenvalue weighted by molar-refractivity contribution is 6.74. The van der Waals surface area contributed by atoms with E-state index in [4.69, 9.17) is 18.9 Å². The van der Waals surface area contributed by atoms with Crippen LogP contribution in [-0.2, 0) is 4.43 Å². The first-order chi connectivity index (χ1) is 21.0. The normalized spacial score (nSPS) is 13.4. The first-order valence-corrected chi connectivity index (χ1v) is 18.8. The van der Waals surface area contributed by atoms with E-state index in [1.54, 1.807) is 19.5 Å². The van der Waals surface area contributed by atoms with Crippen molar-refractivity contribution in [1.82, 2.24) is 24.7 Å². The molecule has 45 heavy (non-hydrogen) atoms. The second kappa shape index (κ2) is 13.5. The molecule has 0 amide bonds. The molecular weight excluding hydrogens is 581 g/mol. The number of hydrogen-bond acceptors (Lipinski definition) is 8. The number of ether oxygens (including phenoxy) is 2. The van der Waals surface area contributed by atoms with E-state index in [0.717, 1.165) is 52.3 Å². The topological polar surface area (TPSA) is 87.4 Å². The largest absolute Gasteiger partial charge is 0.497 e. The summed E-state index contributed by atoms with van der Waals surface area (Å²) in [5.74, 6) is 1.42. The summed E-state index contributed by atoms with van der Waals surface area (Å²) >= 11 is 0. The average molecular weight is 633 g/mol. The van der Waals surface area contributed by atoms with Crippen LogP contribution < -0.4 is 14.4 Å². The Balaban J connectivity index is 1.73. The molecule has 244 valence electrons. The third kappa shape index (κ3) is 8.41. The minimum atomic E-state index is -2.00. The van der Waals surface area contributed by atoms with Crippen LogP contribution in [0.2, 0.25) is 18.1 Å². The highest BCUT2D eigenvalue weighted by atomic mass is 28.4. The van der Waals surface area contributed by atoms with Gasteiger partial charge in [-0.1, -0.05) is 41.5 Å². The number of pyridine rings is 1. The average Bonchev–Trinajstić information content (AvgIpc) is 3.41. The van der Waals surface area contributed by atoms with Gasteiger partial charge in [-0.05, 0) is 68.4 Å². The zero-order chi connectivity index (χ0) is 33.2. The van der Waals surface area contributed by atoms with Gasteiger partial charge in [0.05, 0.1) is 54.3 Å². The number of aromatic nitrogens is 5. The molecular formula is C35H52N6O3Si. The first kappa shape index (κ1) is 34.4. The minimum Gasteiger partial charge on any atom is -0.497 e. The number of benzene rings is 1. The van der Waals surface area contributed by atoms with E-state index in [-0.39, 0.29) is 22.6 Å². The Morgan fingerprint density at radius 1 is 0.933 bits per heavy atom. The molecule has 3 heterocycles. The Morgan fingerprint density at radius 2 is 1.60 bits per heavy atom. The lowest BCUT2D eigenvalue weighted by Gasteiger charge is -2.39. The molecule has 10 heteroatoms. The second-order valence-electron chi connectivity index (χ2n) is 14.9. The van der Waals surface area contributed by atoms with Gasteiger partial charge in [-0.15, -0.1) is 0 Å². The Hall–Kier alpha value is -3.50. The summed E-state index contributed by atoms with van der Waals surface area (Å²) in [6.45, 7) is 22.9. The number of rotatable bonds is 12. The van der Waals surface area contributed by atoms with Crippen LogP contribution in [0.1, 0.15) is 74.3 Å². The zero-order valence-corrected chi connectivity index (χ0v) is 30.3. The monoisotopic (exact) mass is 632 g/mol.